The molecule has 1 atom stereocenters. The summed E-state index contributed by atoms with van der Waals surface area (Å²) in [4.78, 5) is 20.5. The number of nitrogens with one attached hydrogen (secondary N) is 4. The van der Waals surface area contributed by atoms with Gasteiger partial charge in [-0.05, 0) is 31.5 Å². The van der Waals surface area contributed by atoms with Crippen molar-refractivity contribution in [2.75, 3.05) is 24.3 Å². The number of hydrogen-bond acceptors (Lipinski definition) is 6. The molecule has 2 aliphatic heterocycles. The number of carbonyl (C=O) groups is 1. The average molecular weight is 436 g/mol. The third kappa shape index (κ3) is 5.63. The number of pyridine rings is 1. The molecule has 0 saturated carbocycles. The summed E-state index contributed by atoms with van der Waals surface area (Å²) in [7, 11) is 1.65. The molecule has 4 rings (SSSR count). The normalized spacial score (nSPS) is 17.4. The van der Waals surface area contributed by atoms with Gasteiger partial charge in [-0.1, -0.05) is 6.07 Å². The first-order chi connectivity index (χ1) is 14.7. The second kappa shape index (κ2) is 9.21. The van der Waals surface area contributed by atoms with E-state index in [-0.39, 0.29) is 30.8 Å². The maximum absolute atomic E-state index is 13.5. The highest BCUT2D eigenvalue weighted by molar-refractivity contribution is 5.88. The largest absolute Gasteiger partial charge is 0.418 e. The van der Waals surface area contributed by atoms with E-state index in [4.69, 9.17) is 4.74 Å². The van der Waals surface area contributed by atoms with E-state index >= 15 is 0 Å². The second-order valence-corrected chi connectivity index (χ2v) is 7.03. The summed E-state index contributed by atoms with van der Waals surface area (Å²) in [5.74, 6) is 0.216. The number of ether oxygens (including phenoxy) is 1. The number of hydrogen-bond donors (Lipinski definition) is 4. The fourth-order valence-corrected chi connectivity index (χ4v) is 3.07. The van der Waals surface area contributed by atoms with Crippen LogP contribution < -0.4 is 21.3 Å². The number of nitrogens with zero attached hydrogens (tertiary/aromatic N) is 2. The molecular weight excluding hydrogens is 413 g/mol. The summed E-state index contributed by atoms with van der Waals surface area (Å²) in [6.45, 7) is 3.67. The number of alkyl halides is 3. The van der Waals surface area contributed by atoms with Gasteiger partial charge in [0.05, 0.1) is 48.2 Å². The molecule has 11 heteroatoms. The first kappa shape index (κ1) is 22.3. The molecule has 1 aromatic heterocycles. The van der Waals surface area contributed by atoms with Crippen LogP contribution in [0.15, 0.2) is 29.3 Å². The van der Waals surface area contributed by atoms with Crippen LogP contribution in [0.5, 0.6) is 0 Å². The molecule has 2 aromatic rings. The Hall–Kier alpha value is -3.34. The summed E-state index contributed by atoms with van der Waals surface area (Å²) in [6.07, 6.45) is -3.32. The van der Waals surface area contributed by atoms with Gasteiger partial charge in [0, 0.05) is 13.1 Å². The average Bonchev–Trinajstić information content (AvgIpc) is 2.68. The first-order valence-corrected chi connectivity index (χ1v) is 9.51. The van der Waals surface area contributed by atoms with Crippen LogP contribution in [0.25, 0.3) is 0 Å². The lowest BCUT2D eigenvalue weighted by Gasteiger charge is -2.17. The Kier molecular flexibility index (Phi) is 6.64. The summed E-state index contributed by atoms with van der Waals surface area (Å²) < 4.78 is 46.2. The molecule has 0 unspecified atom stereocenters. The minimum atomic E-state index is -4.55. The Bertz CT molecular complexity index is 994. The number of benzene rings is 1. The number of anilines is 3. The van der Waals surface area contributed by atoms with Crippen LogP contribution in [0.3, 0.4) is 0 Å². The van der Waals surface area contributed by atoms with Gasteiger partial charge in [-0.2, -0.15) is 13.2 Å². The van der Waals surface area contributed by atoms with Crippen LogP contribution in [-0.4, -0.2) is 37.1 Å². The molecule has 166 valence electrons. The van der Waals surface area contributed by atoms with Crippen molar-refractivity contribution in [3.8, 4) is 0 Å². The molecule has 2 amide bonds. The summed E-state index contributed by atoms with van der Waals surface area (Å²) in [6, 6.07) is 4.51. The van der Waals surface area contributed by atoms with Crippen molar-refractivity contribution in [1.29, 1.82) is 0 Å². The predicted molar refractivity (Wildman–Crippen MR) is 112 cm³/mol. The second-order valence-electron chi connectivity index (χ2n) is 7.03. The number of urea groups is 1. The highest BCUT2D eigenvalue weighted by Gasteiger charge is 2.33. The Morgan fingerprint density at radius 2 is 2.03 bits per heavy atom. The molecule has 0 aliphatic carbocycles. The van der Waals surface area contributed by atoms with Gasteiger partial charge in [-0.25, -0.2) is 14.8 Å². The number of rotatable bonds is 1. The topological polar surface area (TPSA) is 99.7 Å². The SMILES string of the molecule is CNc1cc2nc(C)c1N=CNC(=O)N[C@H](C)COCc1ccc(C(F)(F)F)c(c1)N2. The van der Waals surface area contributed by atoms with Crippen LogP contribution in [0, 0.1) is 6.92 Å². The smallest absolute Gasteiger partial charge is 0.386 e. The van der Waals surface area contributed by atoms with Crippen LogP contribution >= 0.6 is 0 Å². The van der Waals surface area contributed by atoms with Crippen molar-refractivity contribution in [3.05, 3.63) is 41.1 Å². The third-order valence-electron chi connectivity index (χ3n) is 4.49. The maximum Gasteiger partial charge on any atom is 0.418 e. The molecule has 1 aromatic carbocycles. The van der Waals surface area contributed by atoms with Gasteiger partial charge in [0.2, 0.25) is 0 Å². The third-order valence-corrected chi connectivity index (χ3v) is 4.49. The van der Waals surface area contributed by atoms with E-state index in [1.54, 1.807) is 27.0 Å². The number of aryl methyl sites for hydroxylation is 1. The van der Waals surface area contributed by atoms with Crippen LogP contribution in [0.1, 0.15) is 23.7 Å². The predicted octanol–water partition coefficient (Wildman–Crippen LogP) is 4.07. The van der Waals surface area contributed by atoms with Crippen LogP contribution in [-0.2, 0) is 17.5 Å². The number of carbonyl (C=O) groups excluding carboxylic acids is 1. The van der Waals surface area contributed by atoms with Crippen molar-refractivity contribution in [2.24, 2.45) is 4.99 Å². The Morgan fingerprint density at radius 3 is 2.74 bits per heavy atom. The van der Waals surface area contributed by atoms with Gasteiger partial charge >= 0.3 is 12.2 Å². The summed E-state index contributed by atoms with van der Waals surface area (Å²) in [5.41, 5.74) is 1.02. The van der Waals surface area contributed by atoms with Gasteiger partial charge in [-0.15, -0.1) is 0 Å². The summed E-state index contributed by atoms with van der Waals surface area (Å²) >= 11 is 0. The van der Waals surface area contributed by atoms with Crippen LogP contribution in [0.2, 0.25) is 0 Å². The van der Waals surface area contributed by atoms with Crippen molar-refractivity contribution in [1.82, 2.24) is 15.6 Å². The lowest BCUT2D eigenvalue weighted by Crippen LogP contribution is -2.42. The monoisotopic (exact) mass is 436 g/mol. The zero-order valence-corrected chi connectivity index (χ0v) is 17.2. The molecule has 3 heterocycles. The number of aliphatic imine (C=N–C) groups is 1. The lowest BCUT2D eigenvalue weighted by atomic mass is 10.1. The Morgan fingerprint density at radius 1 is 1.26 bits per heavy atom. The zero-order chi connectivity index (χ0) is 22.6. The van der Waals surface area contributed by atoms with Gasteiger partial charge in [0.25, 0.3) is 0 Å². The van der Waals surface area contributed by atoms with E-state index in [0.717, 1.165) is 6.07 Å². The number of fused-ring (bicyclic) bond motifs is 9. The van der Waals surface area contributed by atoms with E-state index in [9.17, 15) is 18.0 Å². The van der Waals surface area contributed by atoms with E-state index in [1.165, 1.54) is 18.5 Å². The Balaban J connectivity index is 2.07. The molecular formula is C20H23F3N6O2. The van der Waals surface area contributed by atoms with Gasteiger partial charge in [0.1, 0.15) is 11.5 Å². The van der Waals surface area contributed by atoms with E-state index in [1.807, 2.05) is 0 Å². The molecule has 0 spiro atoms. The zero-order valence-electron chi connectivity index (χ0n) is 17.2. The lowest BCUT2D eigenvalue weighted by molar-refractivity contribution is -0.136. The molecule has 4 N–H and O–H groups in total. The molecule has 31 heavy (non-hydrogen) atoms. The molecule has 4 bridgehead atoms. The molecule has 0 fully saturated rings. The molecule has 2 aliphatic rings. The molecule has 0 radical (unpaired) electrons. The fraction of sp³-hybridized carbons (Fsp3) is 0.350. The molecule has 8 nitrogen and oxygen atoms in total. The summed E-state index contributed by atoms with van der Waals surface area (Å²) in [5, 5.41) is 10.9. The van der Waals surface area contributed by atoms with Crippen molar-refractivity contribution >= 4 is 35.2 Å². The minimum Gasteiger partial charge on any atom is -0.386 e. The van der Waals surface area contributed by atoms with E-state index in [2.05, 4.69) is 31.2 Å². The number of halogens is 3. The van der Waals surface area contributed by atoms with Gasteiger partial charge < -0.3 is 20.7 Å². The minimum absolute atomic E-state index is 0.0784. The van der Waals surface area contributed by atoms with Crippen molar-refractivity contribution < 1.29 is 22.7 Å². The number of aromatic nitrogens is 1. The highest BCUT2D eigenvalue weighted by atomic mass is 19.4. The van der Waals surface area contributed by atoms with E-state index in [0.29, 0.717) is 22.6 Å². The first-order valence-electron chi connectivity index (χ1n) is 9.51. The van der Waals surface area contributed by atoms with Gasteiger partial charge in [-0.3, -0.25) is 5.32 Å². The fourth-order valence-electron chi connectivity index (χ4n) is 3.07. The van der Waals surface area contributed by atoms with Crippen LogP contribution in [0.4, 0.5) is 40.8 Å². The van der Waals surface area contributed by atoms with E-state index < -0.39 is 17.8 Å². The molecule has 0 saturated heterocycles. The van der Waals surface area contributed by atoms with Gasteiger partial charge in [0.15, 0.2) is 0 Å². The highest BCUT2D eigenvalue weighted by Crippen LogP contribution is 2.38. The standard InChI is InChI=1S/C20H23F3N6O2/c1-11-8-31-9-13-4-5-14(20(21,22)23)15(6-13)29-17-7-16(24-3)18(12(2)28-17)25-10-26-19(30)27-11/h4-7,10-11H,8-9H2,1-3H3,(H2,24,28,29)(H2,25,26,27,30)/t11-/m1/s1. The maximum atomic E-state index is 13.5. The quantitative estimate of drug-likeness (QED) is 0.540. The number of amides is 2. The van der Waals surface area contributed by atoms with Crippen molar-refractivity contribution in [3.63, 3.8) is 0 Å². The van der Waals surface area contributed by atoms with Crippen molar-refractivity contribution in [2.45, 2.75) is 32.7 Å². The Labute approximate surface area is 177 Å².